The summed E-state index contributed by atoms with van der Waals surface area (Å²) in [5, 5.41) is 3.57. The molecule has 0 bridgehead atoms. The van der Waals surface area contributed by atoms with E-state index in [1.165, 1.54) is 0 Å². The summed E-state index contributed by atoms with van der Waals surface area (Å²) in [7, 11) is 0. The van der Waals surface area contributed by atoms with E-state index < -0.39 is 0 Å². The standard InChI is InChI=1S/C15H26N2O2/c1-3-17-8-10-19-15(12-17)11-16-13(2)6-7-14-5-4-9-18-14/h4-5,9,13,15-16H,3,6-8,10-12H2,1-2H3. The van der Waals surface area contributed by atoms with E-state index in [0.29, 0.717) is 12.1 Å². The summed E-state index contributed by atoms with van der Waals surface area (Å²) in [6.07, 6.45) is 4.16. The van der Waals surface area contributed by atoms with Gasteiger partial charge in [-0.3, -0.25) is 4.90 Å². The third kappa shape index (κ3) is 4.97. The van der Waals surface area contributed by atoms with Crippen molar-refractivity contribution < 1.29 is 9.15 Å². The molecule has 19 heavy (non-hydrogen) atoms. The van der Waals surface area contributed by atoms with E-state index in [1.807, 2.05) is 12.1 Å². The number of furan rings is 1. The molecule has 1 aromatic heterocycles. The molecule has 1 aromatic rings. The topological polar surface area (TPSA) is 37.6 Å². The van der Waals surface area contributed by atoms with Crippen molar-refractivity contribution in [3.05, 3.63) is 24.2 Å². The molecular formula is C15H26N2O2. The Kier molecular flexibility index (Phi) is 5.89. The van der Waals surface area contributed by atoms with Crippen molar-refractivity contribution in [1.82, 2.24) is 10.2 Å². The first-order valence-corrected chi connectivity index (χ1v) is 7.37. The van der Waals surface area contributed by atoms with Gasteiger partial charge in [0.05, 0.1) is 19.0 Å². The lowest BCUT2D eigenvalue weighted by atomic mass is 10.1. The Hall–Kier alpha value is -0.840. The number of nitrogens with zero attached hydrogens (tertiary/aromatic N) is 1. The fourth-order valence-electron chi connectivity index (χ4n) is 2.44. The van der Waals surface area contributed by atoms with Crippen LogP contribution in [-0.2, 0) is 11.2 Å². The van der Waals surface area contributed by atoms with Crippen molar-refractivity contribution in [3.8, 4) is 0 Å². The Labute approximate surface area is 116 Å². The van der Waals surface area contributed by atoms with Gasteiger partial charge in [-0.15, -0.1) is 0 Å². The van der Waals surface area contributed by atoms with E-state index in [2.05, 4.69) is 24.1 Å². The zero-order chi connectivity index (χ0) is 13.5. The number of rotatable bonds is 7. The fraction of sp³-hybridized carbons (Fsp3) is 0.733. The lowest BCUT2D eigenvalue weighted by molar-refractivity contribution is -0.0262. The summed E-state index contributed by atoms with van der Waals surface area (Å²) >= 11 is 0. The van der Waals surface area contributed by atoms with Gasteiger partial charge in [-0.25, -0.2) is 0 Å². The number of likely N-dealkylation sites (N-methyl/N-ethyl adjacent to an activating group) is 1. The van der Waals surface area contributed by atoms with E-state index in [0.717, 1.165) is 51.4 Å². The number of hydrogen-bond acceptors (Lipinski definition) is 4. The molecule has 0 spiro atoms. The lowest BCUT2D eigenvalue weighted by Crippen LogP contribution is -2.47. The molecule has 2 unspecified atom stereocenters. The highest BCUT2D eigenvalue weighted by Crippen LogP contribution is 2.07. The summed E-state index contributed by atoms with van der Waals surface area (Å²) in [5.74, 6) is 1.07. The summed E-state index contributed by atoms with van der Waals surface area (Å²) in [5.41, 5.74) is 0. The third-order valence-electron chi connectivity index (χ3n) is 3.77. The summed E-state index contributed by atoms with van der Waals surface area (Å²) in [6.45, 7) is 9.48. The van der Waals surface area contributed by atoms with Crippen molar-refractivity contribution in [2.45, 2.75) is 38.8 Å². The predicted molar refractivity (Wildman–Crippen MR) is 76.3 cm³/mol. The van der Waals surface area contributed by atoms with Crippen LogP contribution in [0.15, 0.2) is 22.8 Å². The van der Waals surface area contributed by atoms with Gasteiger partial charge in [-0.1, -0.05) is 6.92 Å². The van der Waals surface area contributed by atoms with Crippen LogP contribution < -0.4 is 5.32 Å². The summed E-state index contributed by atoms with van der Waals surface area (Å²) < 4.78 is 11.1. The molecule has 0 saturated carbocycles. The molecule has 108 valence electrons. The third-order valence-corrected chi connectivity index (χ3v) is 3.77. The lowest BCUT2D eigenvalue weighted by Gasteiger charge is -2.32. The van der Waals surface area contributed by atoms with E-state index in [-0.39, 0.29) is 0 Å². The molecule has 2 heterocycles. The van der Waals surface area contributed by atoms with Gasteiger partial charge in [-0.2, -0.15) is 0 Å². The van der Waals surface area contributed by atoms with Crippen molar-refractivity contribution in [3.63, 3.8) is 0 Å². The van der Waals surface area contributed by atoms with Crippen LogP contribution in [0.1, 0.15) is 26.0 Å². The van der Waals surface area contributed by atoms with Crippen LogP contribution in [0.25, 0.3) is 0 Å². The number of ether oxygens (including phenoxy) is 1. The minimum absolute atomic E-state index is 0.333. The first-order chi connectivity index (χ1) is 9.28. The highest BCUT2D eigenvalue weighted by atomic mass is 16.5. The molecule has 1 N–H and O–H groups in total. The Balaban J connectivity index is 1.61. The second-order valence-electron chi connectivity index (χ2n) is 5.31. The zero-order valence-corrected chi connectivity index (χ0v) is 12.1. The van der Waals surface area contributed by atoms with E-state index in [4.69, 9.17) is 9.15 Å². The molecule has 0 radical (unpaired) electrons. The Bertz CT molecular complexity index is 340. The van der Waals surface area contributed by atoms with E-state index in [1.54, 1.807) is 6.26 Å². The number of morpholine rings is 1. The van der Waals surface area contributed by atoms with Gasteiger partial charge < -0.3 is 14.5 Å². The largest absolute Gasteiger partial charge is 0.469 e. The van der Waals surface area contributed by atoms with Crippen LogP contribution in [0.5, 0.6) is 0 Å². The van der Waals surface area contributed by atoms with Crippen LogP contribution >= 0.6 is 0 Å². The Morgan fingerprint density at radius 2 is 2.42 bits per heavy atom. The first-order valence-electron chi connectivity index (χ1n) is 7.37. The van der Waals surface area contributed by atoms with Crippen molar-refractivity contribution in [2.75, 3.05) is 32.8 Å². The number of aryl methyl sites for hydroxylation is 1. The molecule has 0 amide bonds. The molecule has 1 saturated heterocycles. The minimum Gasteiger partial charge on any atom is -0.469 e. The monoisotopic (exact) mass is 266 g/mol. The molecule has 0 aliphatic carbocycles. The maximum atomic E-state index is 5.79. The molecule has 1 aliphatic rings. The van der Waals surface area contributed by atoms with Crippen LogP contribution in [-0.4, -0.2) is 49.8 Å². The maximum absolute atomic E-state index is 5.79. The van der Waals surface area contributed by atoms with Gasteiger partial charge >= 0.3 is 0 Å². The van der Waals surface area contributed by atoms with Gasteiger partial charge in [-0.05, 0) is 32.0 Å². The van der Waals surface area contributed by atoms with Crippen LogP contribution in [0.2, 0.25) is 0 Å². The summed E-state index contributed by atoms with van der Waals surface area (Å²) in [4.78, 5) is 2.45. The highest BCUT2D eigenvalue weighted by molar-refractivity contribution is 4.98. The molecule has 2 rings (SSSR count). The smallest absolute Gasteiger partial charge is 0.103 e. The van der Waals surface area contributed by atoms with Crippen molar-refractivity contribution in [1.29, 1.82) is 0 Å². The van der Waals surface area contributed by atoms with Gasteiger partial charge in [0.2, 0.25) is 0 Å². The van der Waals surface area contributed by atoms with Gasteiger partial charge in [0, 0.05) is 32.1 Å². The van der Waals surface area contributed by atoms with Gasteiger partial charge in [0.25, 0.3) is 0 Å². The average molecular weight is 266 g/mol. The predicted octanol–water partition coefficient (Wildman–Crippen LogP) is 1.91. The van der Waals surface area contributed by atoms with Crippen molar-refractivity contribution >= 4 is 0 Å². The average Bonchev–Trinajstić information content (AvgIpc) is 2.96. The molecule has 2 atom stereocenters. The van der Waals surface area contributed by atoms with Gasteiger partial charge in [0.1, 0.15) is 5.76 Å². The number of nitrogens with one attached hydrogen (secondary N) is 1. The fourth-order valence-corrected chi connectivity index (χ4v) is 2.44. The van der Waals surface area contributed by atoms with Gasteiger partial charge in [0.15, 0.2) is 0 Å². The van der Waals surface area contributed by atoms with Crippen LogP contribution in [0, 0.1) is 0 Å². The van der Waals surface area contributed by atoms with E-state index in [9.17, 15) is 0 Å². The van der Waals surface area contributed by atoms with Crippen molar-refractivity contribution in [2.24, 2.45) is 0 Å². The normalized spacial score (nSPS) is 22.5. The molecule has 4 heteroatoms. The molecule has 1 aliphatic heterocycles. The van der Waals surface area contributed by atoms with Crippen LogP contribution in [0.4, 0.5) is 0 Å². The maximum Gasteiger partial charge on any atom is 0.103 e. The summed E-state index contributed by atoms with van der Waals surface area (Å²) in [6, 6.07) is 4.48. The first kappa shape index (κ1) is 14.6. The van der Waals surface area contributed by atoms with Crippen LogP contribution in [0.3, 0.4) is 0 Å². The second kappa shape index (κ2) is 7.68. The number of hydrogen-bond donors (Lipinski definition) is 1. The second-order valence-corrected chi connectivity index (χ2v) is 5.31. The SMILES string of the molecule is CCN1CCOC(CNC(C)CCc2ccco2)C1. The molecule has 0 aromatic carbocycles. The molecule has 4 nitrogen and oxygen atoms in total. The Morgan fingerprint density at radius 3 is 3.16 bits per heavy atom. The quantitative estimate of drug-likeness (QED) is 0.818. The molecule has 1 fully saturated rings. The molecular weight excluding hydrogens is 240 g/mol. The minimum atomic E-state index is 0.333. The Morgan fingerprint density at radius 1 is 1.53 bits per heavy atom. The van der Waals surface area contributed by atoms with E-state index >= 15 is 0 Å². The highest BCUT2D eigenvalue weighted by Gasteiger charge is 2.19. The zero-order valence-electron chi connectivity index (χ0n) is 12.1.